The van der Waals surface area contributed by atoms with Gasteiger partial charge in [0, 0.05) is 32.8 Å². The van der Waals surface area contributed by atoms with Crippen molar-refractivity contribution in [3.63, 3.8) is 0 Å². The van der Waals surface area contributed by atoms with Crippen LogP contribution in [0.4, 0.5) is 0 Å². The van der Waals surface area contributed by atoms with Crippen molar-refractivity contribution in [2.45, 2.75) is 38.6 Å². The lowest BCUT2D eigenvalue weighted by Gasteiger charge is -2.24. The van der Waals surface area contributed by atoms with E-state index in [-0.39, 0.29) is 5.75 Å². The predicted molar refractivity (Wildman–Crippen MR) is 73.2 cm³/mol. The number of hydrogen-bond acceptors (Lipinski definition) is 4. The second-order valence-corrected chi connectivity index (χ2v) is 6.90. The quantitative estimate of drug-likeness (QED) is 0.634. The Morgan fingerprint density at radius 1 is 1.44 bits per heavy atom. The van der Waals surface area contributed by atoms with Crippen LogP contribution >= 0.6 is 0 Å². The molecule has 1 heterocycles. The van der Waals surface area contributed by atoms with Crippen molar-refractivity contribution >= 4 is 10.0 Å². The van der Waals surface area contributed by atoms with E-state index >= 15 is 0 Å². The fourth-order valence-electron chi connectivity index (χ4n) is 2.27. The standard InChI is InChI=1S/C12H26N2O3S/c1-3-8-14(11-12-6-4-7-13-12)18(15,16)10-5-9-17-2/h12-13H,3-11H2,1-2H3. The third kappa shape index (κ3) is 5.22. The molecule has 18 heavy (non-hydrogen) atoms. The molecule has 5 nitrogen and oxygen atoms in total. The highest BCUT2D eigenvalue weighted by atomic mass is 32.2. The maximum atomic E-state index is 12.2. The molecule has 1 aliphatic heterocycles. The first-order valence-electron chi connectivity index (χ1n) is 6.80. The molecule has 1 fully saturated rings. The van der Waals surface area contributed by atoms with Gasteiger partial charge in [0.05, 0.1) is 5.75 Å². The summed E-state index contributed by atoms with van der Waals surface area (Å²) in [6.45, 7) is 4.76. The second kappa shape index (κ2) is 8.09. The van der Waals surface area contributed by atoms with Crippen LogP contribution in [0.3, 0.4) is 0 Å². The first-order valence-corrected chi connectivity index (χ1v) is 8.41. The van der Waals surface area contributed by atoms with E-state index < -0.39 is 10.0 Å². The molecule has 1 atom stereocenters. The van der Waals surface area contributed by atoms with E-state index in [1.165, 1.54) is 0 Å². The second-order valence-electron chi connectivity index (χ2n) is 4.81. The molecule has 0 spiro atoms. The van der Waals surface area contributed by atoms with Crippen molar-refractivity contribution in [2.24, 2.45) is 0 Å². The minimum Gasteiger partial charge on any atom is -0.385 e. The van der Waals surface area contributed by atoms with Gasteiger partial charge in [-0.05, 0) is 32.2 Å². The van der Waals surface area contributed by atoms with Crippen LogP contribution in [0.15, 0.2) is 0 Å². The molecule has 0 aromatic rings. The van der Waals surface area contributed by atoms with Crippen LogP contribution in [-0.4, -0.2) is 57.9 Å². The Hall–Kier alpha value is -0.170. The van der Waals surface area contributed by atoms with Crippen molar-refractivity contribution in [3.8, 4) is 0 Å². The van der Waals surface area contributed by atoms with Crippen molar-refractivity contribution in [1.82, 2.24) is 9.62 Å². The Bertz CT molecular complexity index is 313. The molecule has 0 amide bonds. The Kier molecular flexibility index (Phi) is 7.14. The summed E-state index contributed by atoms with van der Waals surface area (Å²) in [5.41, 5.74) is 0. The molecule has 1 unspecified atom stereocenters. The highest BCUT2D eigenvalue weighted by Gasteiger charge is 2.25. The molecule has 0 saturated carbocycles. The van der Waals surface area contributed by atoms with Gasteiger partial charge in [0.1, 0.15) is 0 Å². The molecular formula is C12H26N2O3S. The number of sulfonamides is 1. The summed E-state index contributed by atoms with van der Waals surface area (Å²) < 4.78 is 31.0. The monoisotopic (exact) mass is 278 g/mol. The Morgan fingerprint density at radius 2 is 2.22 bits per heavy atom. The highest BCUT2D eigenvalue weighted by molar-refractivity contribution is 7.89. The summed E-state index contributed by atoms with van der Waals surface area (Å²) >= 11 is 0. The summed E-state index contributed by atoms with van der Waals surface area (Å²) in [6.07, 6.45) is 3.65. The van der Waals surface area contributed by atoms with Crippen LogP contribution in [-0.2, 0) is 14.8 Å². The van der Waals surface area contributed by atoms with Crippen molar-refractivity contribution in [2.75, 3.05) is 39.1 Å². The minimum absolute atomic E-state index is 0.188. The van der Waals surface area contributed by atoms with Crippen molar-refractivity contribution in [3.05, 3.63) is 0 Å². The van der Waals surface area contributed by atoms with Crippen LogP contribution < -0.4 is 5.32 Å². The van der Waals surface area contributed by atoms with Gasteiger partial charge in [-0.3, -0.25) is 0 Å². The molecule has 108 valence electrons. The van der Waals surface area contributed by atoms with Crippen LogP contribution in [0.2, 0.25) is 0 Å². The third-order valence-electron chi connectivity index (χ3n) is 3.20. The zero-order chi connectivity index (χ0) is 13.4. The number of nitrogens with zero attached hydrogens (tertiary/aromatic N) is 1. The minimum atomic E-state index is -3.13. The molecule has 6 heteroatoms. The SMILES string of the molecule is CCCN(CC1CCCN1)S(=O)(=O)CCCOC. The van der Waals surface area contributed by atoms with E-state index in [1.54, 1.807) is 11.4 Å². The van der Waals surface area contributed by atoms with Crippen LogP contribution in [0.25, 0.3) is 0 Å². The number of nitrogens with one attached hydrogen (secondary N) is 1. The molecule has 0 aromatic carbocycles. The molecule has 1 aliphatic rings. The Balaban J connectivity index is 2.52. The average molecular weight is 278 g/mol. The van der Waals surface area contributed by atoms with Gasteiger partial charge < -0.3 is 10.1 Å². The number of hydrogen-bond donors (Lipinski definition) is 1. The van der Waals surface area contributed by atoms with Gasteiger partial charge in [-0.1, -0.05) is 6.92 Å². The summed E-state index contributed by atoms with van der Waals surface area (Å²) in [5, 5.41) is 3.35. The summed E-state index contributed by atoms with van der Waals surface area (Å²) in [4.78, 5) is 0. The van der Waals surface area contributed by atoms with E-state index in [0.29, 0.717) is 32.2 Å². The van der Waals surface area contributed by atoms with Gasteiger partial charge >= 0.3 is 0 Å². The predicted octanol–water partition coefficient (Wildman–Crippen LogP) is 0.817. The van der Waals surface area contributed by atoms with E-state index in [1.807, 2.05) is 6.92 Å². The van der Waals surface area contributed by atoms with Gasteiger partial charge in [-0.25, -0.2) is 12.7 Å². The first-order chi connectivity index (χ1) is 8.60. The largest absolute Gasteiger partial charge is 0.385 e. The van der Waals surface area contributed by atoms with Gasteiger partial charge in [-0.2, -0.15) is 0 Å². The van der Waals surface area contributed by atoms with Gasteiger partial charge in [0.25, 0.3) is 0 Å². The number of rotatable bonds is 9. The number of methoxy groups -OCH3 is 1. The Labute approximate surface area is 111 Å². The lowest BCUT2D eigenvalue weighted by Crippen LogP contribution is -2.42. The van der Waals surface area contributed by atoms with Crippen molar-refractivity contribution < 1.29 is 13.2 Å². The van der Waals surface area contributed by atoms with Gasteiger partial charge in [0.15, 0.2) is 0 Å². The van der Waals surface area contributed by atoms with Crippen LogP contribution in [0, 0.1) is 0 Å². The zero-order valence-electron chi connectivity index (χ0n) is 11.5. The molecule has 0 aromatic heterocycles. The lowest BCUT2D eigenvalue weighted by atomic mass is 10.2. The smallest absolute Gasteiger partial charge is 0.214 e. The summed E-state index contributed by atoms with van der Waals surface area (Å²) in [5.74, 6) is 0.188. The number of ether oxygens (including phenoxy) is 1. The first kappa shape index (κ1) is 15.9. The van der Waals surface area contributed by atoms with Gasteiger partial charge in [-0.15, -0.1) is 0 Å². The molecule has 0 bridgehead atoms. The topological polar surface area (TPSA) is 58.6 Å². The van der Waals surface area contributed by atoms with Crippen LogP contribution in [0.1, 0.15) is 32.6 Å². The summed E-state index contributed by atoms with van der Waals surface area (Å²) in [7, 11) is -1.53. The maximum absolute atomic E-state index is 12.2. The molecular weight excluding hydrogens is 252 g/mol. The average Bonchev–Trinajstić information content (AvgIpc) is 2.81. The highest BCUT2D eigenvalue weighted by Crippen LogP contribution is 2.11. The van der Waals surface area contributed by atoms with Crippen molar-refractivity contribution in [1.29, 1.82) is 0 Å². The van der Waals surface area contributed by atoms with E-state index in [9.17, 15) is 8.42 Å². The van der Waals surface area contributed by atoms with Gasteiger partial charge in [0.2, 0.25) is 10.0 Å². The fraction of sp³-hybridized carbons (Fsp3) is 1.00. The summed E-state index contributed by atoms with van der Waals surface area (Å²) in [6, 6.07) is 0.328. The zero-order valence-corrected chi connectivity index (χ0v) is 12.3. The molecule has 1 rings (SSSR count). The molecule has 1 saturated heterocycles. The van der Waals surface area contributed by atoms with E-state index in [4.69, 9.17) is 4.74 Å². The third-order valence-corrected chi connectivity index (χ3v) is 5.13. The fourth-order valence-corrected chi connectivity index (χ4v) is 3.88. The molecule has 1 N–H and O–H groups in total. The Morgan fingerprint density at radius 3 is 2.78 bits per heavy atom. The molecule has 0 radical (unpaired) electrons. The molecule has 0 aliphatic carbocycles. The van der Waals surface area contributed by atoms with E-state index in [0.717, 1.165) is 25.8 Å². The van der Waals surface area contributed by atoms with E-state index in [2.05, 4.69) is 5.32 Å². The maximum Gasteiger partial charge on any atom is 0.214 e. The van der Waals surface area contributed by atoms with Crippen LogP contribution in [0.5, 0.6) is 0 Å². The lowest BCUT2D eigenvalue weighted by molar-refractivity contribution is 0.199. The normalized spacial score (nSPS) is 20.7.